The van der Waals surface area contributed by atoms with Gasteiger partial charge in [0.2, 0.25) is 5.91 Å². The number of carbonyl (C=O) groups is 2. The molecule has 0 aliphatic carbocycles. The minimum absolute atomic E-state index is 0.240. The Morgan fingerprint density at radius 2 is 1.79 bits per heavy atom. The number of carbonyl (C=O) groups excluding carboxylic acids is 2. The van der Waals surface area contributed by atoms with Crippen molar-refractivity contribution in [3.8, 4) is 16.9 Å². The van der Waals surface area contributed by atoms with Crippen LogP contribution in [0.25, 0.3) is 32.9 Å². The summed E-state index contributed by atoms with van der Waals surface area (Å²) in [5.41, 5.74) is 8.44. The average Bonchev–Trinajstić information content (AvgIpc) is 3.23. The molecule has 0 atom stereocenters. The van der Waals surface area contributed by atoms with E-state index in [1.165, 1.54) is 0 Å². The van der Waals surface area contributed by atoms with Crippen molar-refractivity contribution in [1.29, 1.82) is 0 Å². The Morgan fingerprint density at radius 1 is 0.970 bits per heavy atom. The molecule has 0 saturated carbocycles. The second kappa shape index (κ2) is 8.24. The molecule has 0 bridgehead atoms. The molecule has 0 aliphatic rings. The maximum atomic E-state index is 14.0. The summed E-state index contributed by atoms with van der Waals surface area (Å²) < 4.78 is 7.37. The fraction of sp³-hybridized carbons (Fsp3) is 0.0741. The summed E-state index contributed by atoms with van der Waals surface area (Å²) in [7, 11) is 0. The van der Waals surface area contributed by atoms with E-state index in [1.54, 1.807) is 35.2 Å². The fourth-order valence-corrected chi connectivity index (χ4v) is 4.15. The van der Waals surface area contributed by atoms with Crippen molar-refractivity contribution in [2.45, 2.75) is 6.92 Å². The van der Waals surface area contributed by atoms with Gasteiger partial charge in [-0.25, -0.2) is 4.98 Å². The molecule has 5 aromatic rings. The smallest absolute Gasteiger partial charge is 0.267 e. The van der Waals surface area contributed by atoms with Crippen molar-refractivity contribution in [3.05, 3.63) is 96.3 Å². The van der Waals surface area contributed by atoms with E-state index in [2.05, 4.69) is 4.98 Å². The van der Waals surface area contributed by atoms with Crippen LogP contribution in [0.2, 0.25) is 0 Å². The summed E-state index contributed by atoms with van der Waals surface area (Å²) in [5, 5.41) is 2.55. The Hall–Kier alpha value is -4.45. The fourth-order valence-electron chi connectivity index (χ4n) is 4.15. The van der Waals surface area contributed by atoms with Crippen LogP contribution in [0.1, 0.15) is 27.6 Å². The van der Waals surface area contributed by atoms with E-state index in [0.29, 0.717) is 29.1 Å². The molecular formula is C27H21N3O3. The number of primary amides is 1. The standard InChI is InChI=1S/C27H21N3O3/c1-2-33-23-13-12-17-7-3-4-10-20(17)24(23)27(32)30-16-22(21-11-6-14-29-26(21)30)18-8-5-9-19(15-18)25(28)31/h3-16H,2H2,1H3,(H2,28,31). The largest absolute Gasteiger partial charge is 0.493 e. The molecule has 0 unspecified atom stereocenters. The first-order valence-electron chi connectivity index (χ1n) is 10.6. The number of hydrogen-bond acceptors (Lipinski definition) is 4. The van der Waals surface area contributed by atoms with Crippen LogP contribution >= 0.6 is 0 Å². The van der Waals surface area contributed by atoms with E-state index in [1.807, 2.05) is 61.5 Å². The van der Waals surface area contributed by atoms with Gasteiger partial charge in [0.25, 0.3) is 5.91 Å². The lowest BCUT2D eigenvalue weighted by molar-refractivity contribution is 0.0960. The Bertz CT molecular complexity index is 1530. The first-order chi connectivity index (χ1) is 16.1. The number of aromatic nitrogens is 2. The summed E-state index contributed by atoms with van der Waals surface area (Å²) in [5.74, 6) is -0.223. The van der Waals surface area contributed by atoms with Crippen molar-refractivity contribution < 1.29 is 14.3 Å². The molecule has 33 heavy (non-hydrogen) atoms. The van der Waals surface area contributed by atoms with Gasteiger partial charge in [-0.3, -0.25) is 14.2 Å². The van der Waals surface area contributed by atoms with Gasteiger partial charge in [0, 0.05) is 28.9 Å². The van der Waals surface area contributed by atoms with Gasteiger partial charge in [0.1, 0.15) is 11.4 Å². The van der Waals surface area contributed by atoms with E-state index >= 15 is 0 Å². The van der Waals surface area contributed by atoms with E-state index < -0.39 is 5.91 Å². The van der Waals surface area contributed by atoms with Gasteiger partial charge >= 0.3 is 0 Å². The third-order valence-corrected chi connectivity index (χ3v) is 5.64. The van der Waals surface area contributed by atoms with Crippen LogP contribution in [0.3, 0.4) is 0 Å². The molecule has 2 aromatic heterocycles. The molecule has 0 radical (unpaired) electrons. The summed E-state index contributed by atoms with van der Waals surface area (Å²) in [6, 6.07) is 22.3. The van der Waals surface area contributed by atoms with E-state index in [-0.39, 0.29) is 5.91 Å². The normalized spacial score (nSPS) is 11.1. The predicted octanol–water partition coefficient (Wildman–Crippen LogP) is 5.04. The van der Waals surface area contributed by atoms with Crippen LogP contribution in [-0.2, 0) is 0 Å². The highest BCUT2D eigenvalue weighted by Crippen LogP contribution is 2.34. The van der Waals surface area contributed by atoms with Crippen molar-refractivity contribution in [1.82, 2.24) is 9.55 Å². The maximum absolute atomic E-state index is 14.0. The lowest BCUT2D eigenvalue weighted by Gasteiger charge is -2.13. The molecule has 0 fully saturated rings. The van der Waals surface area contributed by atoms with Crippen molar-refractivity contribution >= 4 is 33.6 Å². The SMILES string of the molecule is CCOc1ccc2ccccc2c1C(=O)n1cc(-c2cccc(C(N)=O)c2)c2cccnc21. The highest BCUT2D eigenvalue weighted by Gasteiger charge is 2.22. The summed E-state index contributed by atoms with van der Waals surface area (Å²) in [4.78, 5) is 30.2. The van der Waals surface area contributed by atoms with Gasteiger partial charge in [-0.1, -0.05) is 42.5 Å². The zero-order valence-electron chi connectivity index (χ0n) is 18.0. The molecule has 0 aliphatic heterocycles. The number of benzene rings is 3. The maximum Gasteiger partial charge on any atom is 0.267 e. The summed E-state index contributed by atoms with van der Waals surface area (Å²) in [6.45, 7) is 2.33. The van der Waals surface area contributed by atoms with Gasteiger partial charge in [0.05, 0.1) is 12.2 Å². The quantitative estimate of drug-likeness (QED) is 0.419. The van der Waals surface area contributed by atoms with Gasteiger partial charge < -0.3 is 10.5 Å². The van der Waals surface area contributed by atoms with Crippen molar-refractivity contribution in [3.63, 3.8) is 0 Å². The number of nitrogens with zero attached hydrogens (tertiary/aromatic N) is 2. The molecule has 2 N–H and O–H groups in total. The summed E-state index contributed by atoms with van der Waals surface area (Å²) >= 11 is 0. The lowest BCUT2D eigenvalue weighted by Crippen LogP contribution is -2.14. The minimum Gasteiger partial charge on any atom is -0.493 e. The highest BCUT2D eigenvalue weighted by molar-refractivity contribution is 6.14. The Morgan fingerprint density at radius 3 is 2.61 bits per heavy atom. The van der Waals surface area contributed by atoms with Gasteiger partial charge in [-0.15, -0.1) is 0 Å². The van der Waals surface area contributed by atoms with E-state index in [0.717, 1.165) is 27.3 Å². The molecule has 1 amide bonds. The Labute approximate surface area is 190 Å². The number of hydrogen-bond donors (Lipinski definition) is 1. The monoisotopic (exact) mass is 435 g/mol. The molecule has 6 heteroatoms. The second-order valence-electron chi connectivity index (χ2n) is 7.63. The molecule has 3 aromatic carbocycles. The zero-order valence-corrected chi connectivity index (χ0v) is 18.0. The third kappa shape index (κ3) is 3.51. The molecular weight excluding hydrogens is 414 g/mol. The minimum atomic E-state index is -0.507. The van der Waals surface area contributed by atoms with E-state index in [9.17, 15) is 9.59 Å². The van der Waals surface area contributed by atoms with Gasteiger partial charge in [-0.2, -0.15) is 0 Å². The van der Waals surface area contributed by atoms with Crippen LogP contribution in [-0.4, -0.2) is 28.0 Å². The third-order valence-electron chi connectivity index (χ3n) is 5.64. The summed E-state index contributed by atoms with van der Waals surface area (Å²) in [6.07, 6.45) is 3.42. The van der Waals surface area contributed by atoms with Crippen LogP contribution in [0.4, 0.5) is 0 Å². The zero-order chi connectivity index (χ0) is 22.9. The second-order valence-corrected chi connectivity index (χ2v) is 7.63. The number of rotatable bonds is 5. The van der Waals surface area contributed by atoms with Gasteiger partial charge in [-0.05, 0) is 53.6 Å². The molecule has 0 spiro atoms. The number of fused-ring (bicyclic) bond motifs is 2. The molecule has 0 saturated heterocycles. The van der Waals surface area contributed by atoms with Crippen LogP contribution < -0.4 is 10.5 Å². The van der Waals surface area contributed by atoms with Crippen molar-refractivity contribution in [2.75, 3.05) is 6.61 Å². The number of pyridine rings is 1. The first-order valence-corrected chi connectivity index (χ1v) is 10.6. The Kier molecular flexibility index (Phi) is 5.11. The van der Waals surface area contributed by atoms with E-state index in [4.69, 9.17) is 10.5 Å². The number of ether oxygens (including phenoxy) is 1. The lowest BCUT2D eigenvalue weighted by atomic mass is 10.0. The van der Waals surface area contributed by atoms with Crippen LogP contribution in [0.5, 0.6) is 5.75 Å². The van der Waals surface area contributed by atoms with Crippen LogP contribution in [0, 0.1) is 0 Å². The molecule has 2 heterocycles. The topological polar surface area (TPSA) is 87.2 Å². The Balaban J connectivity index is 1.75. The molecule has 162 valence electrons. The van der Waals surface area contributed by atoms with Crippen LogP contribution in [0.15, 0.2) is 85.2 Å². The number of amides is 1. The first kappa shape index (κ1) is 20.5. The predicted molar refractivity (Wildman–Crippen MR) is 129 cm³/mol. The van der Waals surface area contributed by atoms with Gasteiger partial charge in [0.15, 0.2) is 0 Å². The molecule has 6 nitrogen and oxygen atoms in total. The number of nitrogens with two attached hydrogens (primary N) is 1. The average molecular weight is 435 g/mol. The highest BCUT2D eigenvalue weighted by atomic mass is 16.5. The van der Waals surface area contributed by atoms with Crippen molar-refractivity contribution in [2.24, 2.45) is 5.73 Å². The molecule has 5 rings (SSSR count).